The Labute approximate surface area is 174 Å². The number of nitrogens with one attached hydrogen (secondary N) is 1. The van der Waals surface area contributed by atoms with Crippen molar-refractivity contribution in [2.75, 3.05) is 44.2 Å². The van der Waals surface area contributed by atoms with Crippen molar-refractivity contribution in [2.24, 2.45) is 10.9 Å². The molecule has 1 N–H and O–H groups in total. The van der Waals surface area contributed by atoms with Crippen LogP contribution >= 0.6 is 24.0 Å². The largest absolute Gasteiger partial charge is 0.357 e. The van der Waals surface area contributed by atoms with E-state index in [2.05, 4.69) is 32.0 Å². The van der Waals surface area contributed by atoms with Crippen molar-refractivity contribution in [3.05, 3.63) is 18.5 Å². The number of halogens is 1. The van der Waals surface area contributed by atoms with Crippen molar-refractivity contribution in [1.82, 2.24) is 20.2 Å². The molecule has 0 bridgehead atoms. The molecule has 0 spiro atoms. The minimum absolute atomic E-state index is 0. The fourth-order valence-corrected chi connectivity index (χ4v) is 3.83. The van der Waals surface area contributed by atoms with E-state index in [1.807, 2.05) is 18.5 Å². The van der Waals surface area contributed by atoms with Gasteiger partial charge in [0.1, 0.15) is 0 Å². The first-order chi connectivity index (χ1) is 12.4. The van der Waals surface area contributed by atoms with Crippen LogP contribution in [-0.4, -0.2) is 60.1 Å². The van der Waals surface area contributed by atoms with Crippen LogP contribution in [0, 0.1) is 5.92 Å². The lowest BCUT2D eigenvalue weighted by atomic mass is 9.87. The lowest BCUT2D eigenvalue weighted by Crippen LogP contribution is -2.53. The van der Waals surface area contributed by atoms with Gasteiger partial charge in [0.25, 0.3) is 0 Å². The summed E-state index contributed by atoms with van der Waals surface area (Å²) in [5.41, 5.74) is 0. The van der Waals surface area contributed by atoms with E-state index < -0.39 is 0 Å². The molecule has 1 aliphatic carbocycles. The summed E-state index contributed by atoms with van der Waals surface area (Å²) in [4.78, 5) is 18.3. The Morgan fingerprint density at radius 2 is 1.81 bits per heavy atom. The SMILES string of the molecule is CCNC(=NCCC1CCCCC1)N1CCN(c2ncccn2)CC1.I. The number of hydrogen-bond acceptors (Lipinski definition) is 4. The van der Waals surface area contributed by atoms with E-state index in [4.69, 9.17) is 4.99 Å². The van der Waals surface area contributed by atoms with Gasteiger partial charge in [-0.3, -0.25) is 4.99 Å². The summed E-state index contributed by atoms with van der Waals surface area (Å²) in [6.07, 6.45) is 11.9. The van der Waals surface area contributed by atoms with Gasteiger partial charge >= 0.3 is 0 Å². The normalized spacial score (nSPS) is 19.2. The summed E-state index contributed by atoms with van der Waals surface area (Å²) in [5, 5.41) is 3.47. The molecule has 7 heteroatoms. The lowest BCUT2D eigenvalue weighted by Gasteiger charge is -2.36. The molecule has 0 amide bonds. The van der Waals surface area contributed by atoms with E-state index in [-0.39, 0.29) is 24.0 Å². The minimum atomic E-state index is 0. The third-order valence-corrected chi connectivity index (χ3v) is 5.27. The van der Waals surface area contributed by atoms with Crippen molar-refractivity contribution in [2.45, 2.75) is 45.4 Å². The number of rotatable bonds is 5. The molecule has 1 saturated heterocycles. The summed E-state index contributed by atoms with van der Waals surface area (Å²) in [6, 6.07) is 1.86. The zero-order valence-corrected chi connectivity index (χ0v) is 18.3. The van der Waals surface area contributed by atoms with Gasteiger partial charge in [-0.1, -0.05) is 32.1 Å². The maximum absolute atomic E-state index is 4.91. The summed E-state index contributed by atoms with van der Waals surface area (Å²) < 4.78 is 0. The molecule has 1 saturated carbocycles. The maximum atomic E-state index is 4.91. The van der Waals surface area contributed by atoms with E-state index in [1.165, 1.54) is 38.5 Å². The standard InChI is InChI=1S/C19H32N6.HI/c1-2-20-18(23-12-9-17-7-4-3-5-8-17)24-13-15-25(16-14-24)19-21-10-6-11-22-19;/h6,10-11,17H,2-5,7-9,12-16H2,1H3,(H,20,23);1H. The second-order valence-corrected chi connectivity index (χ2v) is 7.05. The van der Waals surface area contributed by atoms with E-state index in [9.17, 15) is 0 Å². The Balaban J connectivity index is 0.00000243. The number of aliphatic imine (C=N–C) groups is 1. The van der Waals surface area contributed by atoms with Crippen LogP contribution in [0.15, 0.2) is 23.5 Å². The molecule has 0 aromatic carbocycles. The Morgan fingerprint density at radius 1 is 1.12 bits per heavy atom. The summed E-state index contributed by atoms with van der Waals surface area (Å²) in [7, 11) is 0. The van der Waals surface area contributed by atoms with Crippen molar-refractivity contribution in [3.63, 3.8) is 0 Å². The molecular formula is C19H33IN6. The van der Waals surface area contributed by atoms with E-state index in [1.54, 1.807) is 0 Å². The van der Waals surface area contributed by atoms with Crippen molar-refractivity contribution >= 4 is 35.9 Å². The molecule has 2 fully saturated rings. The highest BCUT2D eigenvalue weighted by atomic mass is 127. The Bertz CT molecular complexity index is 524. The first-order valence-corrected chi connectivity index (χ1v) is 9.92. The number of guanidine groups is 1. The molecule has 146 valence electrons. The van der Waals surface area contributed by atoms with Gasteiger partial charge in [0.2, 0.25) is 5.95 Å². The fraction of sp³-hybridized carbons (Fsp3) is 0.737. The van der Waals surface area contributed by atoms with Gasteiger partial charge in [0.05, 0.1) is 0 Å². The van der Waals surface area contributed by atoms with E-state index >= 15 is 0 Å². The number of piperazine rings is 1. The zero-order valence-electron chi connectivity index (χ0n) is 15.9. The fourth-order valence-electron chi connectivity index (χ4n) is 3.83. The minimum Gasteiger partial charge on any atom is -0.357 e. The highest BCUT2D eigenvalue weighted by Crippen LogP contribution is 2.26. The number of nitrogens with zero attached hydrogens (tertiary/aromatic N) is 5. The van der Waals surface area contributed by atoms with Crippen molar-refractivity contribution in [3.8, 4) is 0 Å². The van der Waals surface area contributed by atoms with Crippen molar-refractivity contribution < 1.29 is 0 Å². The predicted molar refractivity (Wildman–Crippen MR) is 118 cm³/mol. The molecule has 1 aromatic rings. The summed E-state index contributed by atoms with van der Waals surface area (Å²) >= 11 is 0. The average Bonchev–Trinajstić information content (AvgIpc) is 2.69. The van der Waals surface area contributed by atoms with Crippen molar-refractivity contribution in [1.29, 1.82) is 0 Å². The second-order valence-electron chi connectivity index (χ2n) is 7.05. The van der Waals surface area contributed by atoms with Gasteiger partial charge in [-0.15, -0.1) is 24.0 Å². The van der Waals surface area contributed by atoms with Crippen LogP contribution in [0.5, 0.6) is 0 Å². The first-order valence-electron chi connectivity index (χ1n) is 9.92. The molecule has 2 heterocycles. The van der Waals surface area contributed by atoms with Crippen LogP contribution in [0.3, 0.4) is 0 Å². The van der Waals surface area contributed by atoms with E-state index in [0.29, 0.717) is 0 Å². The Kier molecular flexibility index (Phi) is 9.42. The zero-order chi connectivity index (χ0) is 17.3. The molecule has 0 atom stereocenters. The molecule has 3 rings (SSSR count). The van der Waals surface area contributed by atoms with Crippen LogP contribution in [0.25, 0.3) is 0 Å². The molecule has 0 radical (unpaired) electrons. The van der Waals surface area contributed by atoms with Gasteiger partial charge in [-0.25, -0.2) is 9.97 Å². The molecule has 1 aliphatic heterocycles. The van der Waals surface area contributed by atoms with Crippen LogP contribution in [0.4, 0.5) is 5.95 Å². The highest BCUT2D eigenvalue weighted by Gasteiger charge is 2.21. The lowest BCUT2D eigenvalue weighted by molar-refractivity contribution is 0.340. The number of hydrogen-bond donors (Lipinski definition) is 1. The highest BCUT2D eigenvalue weighted by molar-refractivity contribution is 14.0. The third-order valence-electron chi connectivity index (χ3n) is 5.27. The van der Waals surface area contributed by atoms with Gasteiger partial charge in [-0.05, 0) is 25.3 Å². The summed E-state index contributed by atoms with van der Waals surface area (Å²) in [6.45, 7) is 7.83. The van der Waals surface area contributed by atoms with Gasteiger partial charge in [-0.2, -0.15) is 0 Å². The van der Waals surface area contributed by atoms with Crippen LogP contribution in [0.1, 0.15) is 45.4 Å². The van der Waals surface area contributed by atoms with Gasteiger partial charge in [0, 0.05) is 51.7 Å². The smallest absolute Gasteiger partial charge is 0.225 e. The van der Waals surface area contributed by atoms with Crippen LogP contribution in [0.2, 0.25) is 0 Å². The molecule has 2 aliphatic rings. The van der Waals surface area contributed by atoms with Gasteiger partial charge < -0.3 is 15.1 Å². The van der Waals surface area contributed by atoms with Gasteiger partial charge in [0.15, 0.2) is 5.96 Å². The Morgan fingerprint density at radius 3 is 2.46 bits per heavy atom. The predicted octanol–water partition coefficient (Wildman–Crippen LogP) is 3.15. The molecular weight excluding hydrogens is 439 g/mol. The maximum Gasteiger partial charge on any atom is 0.225 e. The quantitative estimate of drug-likeness (QED) is 0.406. The molecule has 26 heavy (non-hydrogen) atoms. The molecule has 0 unspecified atom stereocenters. The third kappa shape index (κ3) is 6.25. The second kappa shape index (κ2) is 11.6. The monoisotopic (exact) mass is 472 g/mol. The molecule has 1 aromatic heterocycles. The first kappa shape index (κ1) is 21.2. The number of anilines is 1. The number of aromatic nitrogens is 2. The average molecular weight is 472 g/mol. The summed E-state index contributed by atoms with van der Waals surface area (Å²) in [5.74, 6) is 2.81. The Hall–Kier alpha value is -1.12. The topological polar surface area (TPSA) is 56.7 Å². The van der Waals surface area contributed by atoms with E-state index in [0.717, 1.165) is 57.1 Å². The van der Waals surface area contributed by atoms with Crippen LogP contribution in [-0.2, 0) is 0 Å². The van der Waals surface area contributed by atoms with Crippen LogP contribution < -0.4 is 10.2 Å². The molecule has 6 nitrogen and oxygen atoms in total.